The molecule has 1 aliphatic heterocycles. The molecule has 244 valence electrons. The molecule has 4 rings (SSSR count). The minimum absolute atomic E-state index is 0.110. The third-order valence-electron chi connectivity index (χ3n) is 8.24. The van der Waals surface area contributed by atoms with E-state index in [4.69, 9.17) is 13.5 Å². The van der Waals surface area contributed by atoms with Crippen molar-refractivity contribution < 1.29 is 36.2 Å². The highest BCUT2D eigenvalue weighted by Crippen LogP contribution is 2.46. The highest BCUT2D eigenvalue weighted by Gasteiger charge is 2.61. The number of ether oxygens (including phenoxy) is 1. The van der Waals surface area contributed by atoms with Crippen LogP contribution in [0.15, 0.2) is 53.2 Å². The maximum absolute atomic E-state index is 12.8. The number of hydrogen-bond donors (Lipinski definition) is 3. The predicted molar refractivity (Wildman–Crippen MR) is 170 cm³/mol. The molecule has 1 aliphatic rings. The number of hydroxylamine groups is 3. The van der Waals surface area contributed by atoms with Crippen molar-refractivity contribution in [1.82, 2.24) is 10.1 Å². The van der Waals surface area contributed by atoms with E-state index >= 15 is 0 Å². The fraction of sp³-hybridized carbons (Fsp3) is 0.484. The van der Waals surface area contributed by atoms with Gasteiger partial charge in [0, 0.05) is 35.7 Å². The predicted octanol–water partition coefficient (Wildman–Crippen LogP) is 5.70. The van der Waals surface area contributed by atoms with Crippen molar-refractivity contribution in [3.63, 3.8) is 0 Å². The van der Waals surface area contributed by atoms with E-state index in [1.54, 1.807) is 49.5 Å². The Morgan fingerprint density at radius 1 is 0.956 bits per heavy atom. The van der Waals surface area contributed by atoms with E-state index in [1.807, 2.05) is 48.5 Å². The fourth-order valence-corrected chi connectivity index (χ4v) is 6.43. The lowest BCUT2D eigenvalue weighted by Gasteiger charge is -2.56. The average Bonchev–Trinajstić information content (AvgIpc) is 3.37. The Morgan fingerprint density at radius 3 is 2.02 bits per heavy atom. The molecular weight excluding hydrogens is 600 g/mol. The van der Waals surface area contributed by atoms with Crippen molar-refractivity contribution in [2.24, 2.45) is 0 Å². The molecule has 1 fully saturated rings. The van der Waals surface area contributed by atoms with Crippen LogP contribution in [0.25, 0.3) is 0 Å². The number of carbonyl (C=O) groups excluding carboxylic acids is 2. The van der Waals surface area contributed by atoms with Gasteiger partial charge in [-0.2, -0.15) is 13.1 Å². The third kappa shape index (κ3) is 7.99. The number of aromatic nitrogens is 2. The van der Waals surface area contributed by atoms with Crippen LogP contribution >= 0.6 is 0 Å². The second-order valence-corrected chi connectivity index (χ2v) is 15.3. The molecule has 45 heavy (non-hydrogen) atoms. The lowest BCUT2D eigenvalue weighted by atomic mass is 9.78. The Hall–Kier alpha value is -4.01. The largest absolute Gasteiger partial charge is 0.488 e. The summed E-state index contributed by atoms with van der Waals surface area (Å²) in [7, 11) is -1.91. The molecule has 0 atom stereocenters. The topological polar surface area (TPSA) is 162 Å². The Labute approximate surface area is 264 Å². The molecule has 3 N–H and O–H groups in total. The molecule has 13 nitrogen and oxygen atoms in total. The molecule has 0 saturated carbocycles. The molecule has 3 heterocycles. The van der Waals surface area contributed by atoms with Crippen LogP contribution in [0.4, 0.5) is 22.1 Å². The van der Waals surface area contributed by atoms with Crippen molar-refractivity contribution in [3.05, 3.63) is 60.0 Å². The summed E-state index contributed by atoms with van der Waals surface area (Å²) >= 11 is 0. The van der Waals surface area contributed by atoms with Gasteiger partial charge in [-0.25, -0.2) is 9.78 Å². The molecule has 1 aromatic carbocycles. The maximum Gasteiger partial charge on any atom is 0.326 e. The van der Waals surface area contributed by atoms with Crippen LogP contribution in [0.3, 0.4) is 0 Å². The fourth-order valence-electron chi connectivity index (χ4n) is 5.48. The van der Waals surface area contributed by atoms with Crippen LogP contribution in [0, 0.1) is 0 Å². The zero-order valence-electron chi connectivity index (χ0n) is 27.2. The van der Waals surface area contributed by atoms with Gasteiger partial charge in [-0.1, -0.05) is 30.2 Å². The van der Waals surface area contributed by atoms with Gasteiger partial charge in [-0.05, 0) is 64.1 Å². The van der Waals surface area contributed by atoms with E-state index < -0.39 is 33.1 Å². The molecule has 1 saturated heterocycles. The molecule has 14 heteroatoms. The normalized spacial score (nSPS) is 21.0. The van der Waals surface area contributed by atoms with Crippen molar-refractivity contribution in [2.75, 3.05) is 29.3 Å². The zero-order chi connectivity index (χ0) is 33.4. The van der Waals surface area contributed by atoms with Crippen molar-refractivity contribution in [3.8, 4) is 5.75 Å². The van der Waals surface area contributed by atoms with Crippen LogP contribution in [-0.2, 0) is 19.8 Å². The van der Waals surface area contributed by atoms with Gasteiger partial charge in [-0.15, -0.1) is 0 Å². The summed E-state index contributed by atoms with van der Waals surface area (Å²) in [5.74, 6) is 0.320. The number of anilines is 3. The quantitative estimate of drug-likeness (QED) is 0.262. The van der Waals surface area contributed by atoms with E-state index in [9.17, 15) is 18.0 Å². The molecule has 0 bridgehead atoms. The monoisotopic (exact) mass is 643 g/mol. The number of nitrogens with zero attached hydrogens (tertiary/aromatic N) is 3. The number of amides is 3. The summed E-state index contributed by atoms with van der Waals surface area (Å²) in [6, 6.07) is 11.1. The van der Waals surface area contributed by atoms with Crippen LogP contribution in [0.1, 0.15) is 77.5 Å². The van der Waals surface area contributed by atoms with Gasteiger partial charge in [0.15, 0.2) is 0 Å². The second-order valence-electron chi connectivity index (χ2n) is 13.8. The molecule has 3 amide bonds. The molecule has 0 radical (unpaired) electrons. The standard InChI is InChI=1S/C31H42N6O7S/c1-29(2,3)25-16-26(43-36-25)35-28(39)34-21-12-10-20(11-13-21)33-27(38)24-15-14-22(19-32-24)42-23-17-30(4,5)37(8,31(6,7)18-23)44-45(9,40)41/h10-16,19,23H,17-18H2,1-9H3,(H2-,32,33,34,35,36,38,39)/p+1. The first-order valence-corrected chi connectivity index (χ1v) is 16.4. The number of nitrogens with one attached hydrogen (secondary N) is 3. The van der Waals surface area contributed by atoms with Crippen LogP contribution in [0.5, 0.6) is 5.75 Å². The van der Waals surface area contributed by atoms with Crippen LogP contribution < -0.4 is 20.7 Å². The molecule has 3 aromatic rings. The van der Waals surface area contributed by atoms with E-state index in [-0.39, 0.29) is 27.7 Å². The number of rotatable bonds is 8. The Balaban J connectivity index is 1.32. The van der Waals surface area contributed by atoms with Gasteiger partial charge in [0.1, 0.15) is 35.7 Å². The van der Waals surface area contributed by atoms with Gasteiger partial charge in [-0.3, -0.25) is 10.1 Å². The number of carbonyl (C=O) groups is 2. The highest BCUT2D eigenvalue weighted by molar-refractivity contribution is 7.85. The van der Waals surface area contributed by atoms with Crippen molar-refractivity contribution >= 4 is 39.3 Å². The summed E-state index contributed by atoms with van der Waals surface area (Å²) in [5.41, 5.74) is 0.575. The number of piperidine rings is 1. The number of pyridine rings is 1. The smallest absolute Gasteiger partial charge is 0.326 e. The Kier molecular flexibility index (Phi) is 9.08. The minimum Gasteiger partial charge on any atom is -0.488 e. The molecule has 0 unspecified atom stereocenters. The van der Waals surface area contributed by atoms with E-state index in [1.165, 1.54) is 6.20 Å². The second kappa shape index (κ2) is 12.1. The SMILES string of the molecule is CC(C)(C)c1cc(NC(=O)Nc2ccc(NC(=O)c3ccc(OC4CC(C)(C)[N+](C)(OS(C)(=O)=O)C(C)(C)C4)cn3)cc2)on1. The van der Waals surface area contributed by atoms with Gasteiger partial charge in [0.25, 0.3) is 5.91 Å². The minimum atomic E-state index is -3.70. The average molecular weight is 644 g/mol. The molecule has 0 aliphatic carbocycles. The van der Waals surface area contributed by atoms with Gasteiger partial charge >= 0.3 is 16.1 Å². The van der Waals surface area contributed by atoms with Gasteiger partial charge in [0.2, 0.25) is 5.88 Å². The first-order chi connectivity index (χ1) is 20.7. The number of likely N-dealkylation sites (tertiary alicyclic amines) is 1. The lowest BCUT2D eigenvalue weighted by Crippen LogP contribution is -2.73. The first-order valence-electron chi connectivity index (χ1n) is 14.5. The van der Waals surface area contributed by atoms with Gasteiger partial charge < -0.3 is 19.9 Å². The highest BCUT2D eigenvalue weighted by atomic mass is 32.2. The number of quaternary nitrogens is 1. The first kappa shape index (κ1) is 33.9. The third-order valence-corrected chi connectivity index (χ3v) is 8.81. The summed E-state index contributed by atoms with van der Waals surface area (Å²) in [4.78, 5) is 29.5. The van der Waals surface area contributed by atoms with Crippen LogP contribution in [0.2, 0.25) is 0 Å². The Bertz CT molecular complexity index is 1620. The number of benzene rings is 1. The van der Waals surface area contributed by atoms with Crippen LogP contribution in [-0.4, -0.2) is 65.6 Å². The Morgan fingerprint density at radius 2 is 1.53 bits per heavy atom. The molecule has 0 spiro atoms. The zero-order valence-corrected chi connectivity index (χ0v) is 28.0. The van der Waals surface area contributed by atoms with Gasteiger partial charge in [0.05, 0.1) is 18.1 Å². The summed E-state index contributed by atoms with van der Waals surface area (Å²) in [6.07, 6.45) is 3.41. The summed E-state index contributed by atoms with van der Waals surface area (Å²) < 4.78 is 41.0. The van der Waals surface area contributed by atoms with E-state index in [0.717, 1.165) is 11.9 Å². The van der Waals surface area contributed by atoms with E-state index in [0.29, 0.717) is 30.0 Å². The number of urea groups is 1. The lowest BCUT2D eigenvalue weighted by molar-refractivity contribution is -1.14. The summed E-state index contributed by atoms with van der Waals surface area (Å²) in [5, 5.41) is 12.1. The van der Waals surface area contributed by atoms with E-state index in [2.05, 4.69) is 26.1 Å². The van der Waals surface area contributed by atoms with Crippen molar-refractivity contribution in [2.45, 2.75) is 83.9 Å². The maximum atomic E-state index is 12.8. The molecule has 2 aromatic heterocycles. The number of hydrogen-bond acceptors (Lipinski definition) is 9. The van der Waals surface area contributed by atoms with Crippen molar-refractivity contribution in [1.29, 1.82) is 0 Å². The summed E-state index contributed by atoms with van der Waals surface area (Å²) in [6.45, 7) is 13.8. The molecular formula is C31H43N6O7S+.